The zero-order valence-corrected chi connectivity index (χ0v) is 17.4. The summed E-state index contributed by atoms with van der Waals surface area (Å²) < 4.78 is 26.7. The van der Waals surface area contributed by atoms with Crippen molar-refractivity contribution in [2.75, 3.05) is 17.9 Å². The van der Waals surface area contributed by atoms with Gasteiger partial charge in [0, 0.05) is 13.6 Å². The van der Waals surface area contributed by atoms with E-state index in [1.165, 1.54) is 11.4 Å². The fourth-order valence-corrected chi connectivity index (χ4v) is 3.64. The van der Waals surface area contributed by atoms with Gasteiger partial charge in [-0.05, 0) is 42.2 Å². The summed E-state index contributed by atoms with van der Waals surface area (Å²) in [4.78, 5) is 12.3. The topological polar surface area (TPSA) is 66.5 Å². The first kappa shape index (κ1) is 21.0. The van der Waals surface area contributed by atoms with Crippen molar-refractivity contribution < 1.29 is 13.2 Å². The quantitative estimate of drug-likeness (QED) is 0.823. The van der Waals surface area contributed by atoms with E-state index in [4.69, 9.17) is 0 Å². The van der Waals surface area contributed by atoms with E-state index in [9.17, 15) is 13.2 Å². The van der Waals surface area contributed by atoms with E-state index in [0.717, 1.165) is 11.1 Å². The Morgan fingerprint density at radius 1 is 1.00 bits per heavy atom. The van der Waals surface area contributed by atoms with E-state index in [1.807, 2.05) is 6.92 Å². The van der Waals surface area contributed by atoms with Gasteiger partial charge in [-0.25, -0.2) is 8.42 Å². The number of benzene rings is 2. The van der Waals surface area contributed by atoms with Crippen LogP contribution in [0.25, 0.3) is 0 Å². The molecule has 146 valence electrons. The minimum absolute atomic E-state index is 0.0343. The smallest absolute Gasteiger partial charge is 0.264 e. The van der Waals surface area contributed by atoms with E-state index >= 15 is 0 Å². The highest BCUT2D eigenvalue weighted by atomic mass is 32.2. The SMILES string of the molecule is Cc1ccc(S(=O)(=O)N(C)c2ccc(CC(=O)NCC(C)(C)C)cc2)cc1. The molecule has 1 N–H and O–H groups in total. The van der Waals surface area contributed by atoms with Crippen LogP contribution in [0.1, 0.15) is 31.9 Å². The number of sulfonamides is 1. The van der Waals surface area contributed by atoms with Crippen molar-refractivity contribution in [3.63, 3.8) is 0 Å². The molecule has 1 amide bonds. The maximum atomic E-state index is 12.7. The number of aryl methyl sites for hydroxylation is 1. The number of rotatable bonds is 6. The fourth-order valence-electron chi connectivity index (χ4n) is 2.44. The summed E-state index contributed by atoms with van der Waals surface area (Å²) in [7, 11) is -2.09. The number of nitrogens with zero attached hydrogens (tertiary/aromatic N) is 1. The van der Waals surface area contributed by atoms with Gasteiger partial charge in [0.15, 0.2) is 0 Å². The molecule has 5 nitrogen and oxygen atoms in total. The molecule has 0 saturated heterocycles. The Balaban J connectivity index is 2.07. The van der Waals surface area contributed by atoms with Crippen LogP contribution in [0.15, 0.2) is 53.4 Å². The zero-order valence-electron chi connectivity index (χ0n) is 16.6. The number of carbonyl (C=O) groups is 1. The summed E-state index contributed by atoms with van der Waals surface area (Å²) in [5.74, 6) is -0.0432. The molecular weight excluding hydrogens is 360 g/mol. The number of nitrogens with one attached hydrogen (secondary N) is 1. The van der Waals surface area contributed by atoms with Crippen molar-refractivity contribution in [3.8, 4) is 0 Å². The molecule has 2 aromatic carbocycles. The van der Waals surface area contributed by atoms with Crippen molar-refractivity contribution in [2.24, 2.45) is 5.41 Å². The third kappa shape index (κ3) is 5.82. The van der Waals surface area contributed by atoms with E-state index in [1.54, 1.807) is 48.5 Å². The lowest BCUT2D eigenvalue weighted by atomic mass is 9.97. The van der Waals surface area contributed by atoms with Gasteiger partial charge in [-0.2, -0.15) is 0 Å². The van der Waals surface area contributed by atoms with Crippen LogP contribution < -0.4 is 9.62 Å². The third-order valence-electron chi connectivity index (χ3n) is 4.16. The molecular formula is C21H28N2O3S. The summed E-state index contributed by atoms with van der Waals surface area (Å²) in [5, 5.41) is 2.91. The van der Waals surface area contributed by atoms with Gasteiger partial charge in [0.1, 0.15) is 0 Å². The van der Waals surface area contributed by atoms with Gasteiger partial charge in [0.25, 0.3) is 10.0 Å². The molecule has 0 aromatic heterocycles. The Morgan fingerprint density at radius 2 is 1.56 bits per heavy atom. The van der Waals surface area contributed by atoms with Gasteiger partial charge in [-0.1, -0.05) is 50.6 Å². The second kappa shape index (κ2) is 8.13. The first-order valence-electron chi connectivity index (χ1n) is 8.90. The predicted molar refractivity (Wildman–Crippen MR) is 109 cm³/mol. The molecule has 0 fully saturated rings. The molecule has 0 spiro atoms. The molecule has 0 aliphatic heterocycles. The molecule has 0 saturated carbocycles. The Morgan fingerprint density at radius 3 is 2.07 bits per heavy atom. The lowest BCUT2D eigenvalue weighted by Crippen LogP contribution is -2.33. The number of hydrogen-bond donors (Lipinski definition) is 1. The molecule has 0 heterocycles. The van der Waals surface area contributed by atoms with Gasteiger partial charge in [0.05, 0.1) is 17.0 Å². The first-order chi connectivity index (χ1) is 12.5. The van der Waals surface area contributed by atoms with Gasteiger partial charge in [-0.3, -0.25) is 9.10 Å². The molecule has 0 unspecified atom stereocenters. The number of carbonyl (C=O) groups excluding carboxylic acids is 1. The predicted octanol–water partition coefficient (Wildman–Crippen LogP) is 3.52. The Kier molecular flexibility index (Phi) is 6.31. The molecule has 27 heavy (non-hydrogen) atoms. The molecule has 0 atom stereocenters. The zero-order chi connectivity index (χ0) is 20.2. The molecule has 0 aliphatic rings. The van der Waals surface area contributed by atoms with Crippen molar-refractivity contribution in [1.82, 2.24) is 5.32 Å². The molecule has 0 bridgehead atoms. The minimum Gasteiger partial charge on any atom is -0.355 e. The molecule has 0 aliphatic carbocycles. The lowest BCUT2D eigenvalue weighted by molar-refractivity contribution is -0.120. The van der Waals surface area contributed by atoms with E-state index in [0.29, 0.717) is 12.2 Å². The highest BCUT2D eigenvalue weighted by Crippen LogP contribution is 2.23. The van der Waals surface area contributed by atoms with Gasteiger partial charge in [-0.15, -0.1) is 0 Å². The fraction of sp³-hybridized carbons (Fsp3) is 0.381. The van der Waals surface area contributed by atoms with Crippen molar-refractivity contribution >= 4 is 21.6 Å². The Bertz CT molecular complexity index is 881. The van der Waals surface area contributed by atoms with Gasteiger partial charge in [0.2, 0.25) is 5.91 Å². The van der Waals surface area contributed by atoms with Gasteiger partial charge < -0.3 is 5.32 Å². The third-order valence-corrected chi connectivity index (χ3v) is 5.96. The van der Waals surface area contributed by atoms with E-state index < -0.39 is 10.0 Å². The van der Waals surface area contributed by atoms with Crippen LogP contribution in [0.5, 0.6) is 0 Å². The summed E-state index contributed by atoms with van der Waals surface area (Å²) in [6.45, 7) is 8.71. The minimum atomic E-state index is -3.62. The average molecular weight is 389 g/mol. The van der Waals surface area contributed by atoms with Crippen LogP contribution in [-0.2, 0) is 21.2 Å². The maximum absolute atomic E-state index is 12.7. The monoisotopic (exact) mass is 388 g/mol. The van der Waals surface area contributed by atoms with Crippen LogP contribution in [0.4, 0.5) is 5.69 Å². The second-order valence-electron chi connectivity index (χ2n) is 7.97. The standard InChI is InChI=1S/C21H28N2O3S/c1-16-6-12-19(13-7-16)27(25,26)23(5)18-10-8-17(9-11-18)14-20(24)22-15-21(2,3)4/h6-13H,14-15H2,1-5H3,(H,22,24). The van der Waals surface area contributed by atoms with Crippen LogP contribution in [0.3, 0.4) is 0 Å². The molecule has 6 heteroatoms. The van der Waals surface area contributed by atoms with Crippen LogP contribution in [0.2, 0.25) is 0 Å². The van der Waals surface area contributed by atoms with Crippen molar-refractivity contribution in [3.05, 3.63) is 59.7 Å². The average Bonchev–Trinajstić information content (AvgIpc) is 2.60. The number of amides is 1. The summed E-state index contributed by atoms with van der Waals surface area (Å²) in [6, 6.07) is 13.8. The molecule has 2 rings (SSSR count). The number of anilines is 1. The largest absolute Gasteiger partial charge is 0.355 e. The molecule has 0 radical (unpaired) electrons. The van der Waals surface area contributed by atoms with Gasteiger partial charge >= 0.3 is 0 Å². The normalized spacial score (nSPS) is 11.9. The van der Waals surface area contributed by atoms with Crippen LogP contribution in [0, 0.1) is 12.3 Å². The summed E-state index contributed by atoms with van der Waals surface area (Å²) >= 11 is 0. The van der Waals surface area contributed by atoms with E-state index in [2.05, 4.69) is 26.1 Å². The Labute approximate surface area is 162 Å². The highest BCUT2D eigenvalue weighted by Gasteiger charge is 2.21. The first-order valence-corrected chi connectivity index (χ1v) is 10.3. The summed E-state index contributed by atoms with van der Waals surface area (Å²) in [6.07, 6.45) is 0.269. The van der Waals surface area contributed by atoms with Crippen molar-refractivity contribution in [1.29, 1.82) is 0 Å². The second-order valence-corrected chi connectivity index (χ2v) is 9.94. The maximum Gasteiger partial charge on any atom is 0.264 e. The summed E-state index contributed by atoms with van der Waals surface area (Å²) in [5.41, 5.74) is 2.43. The molecule has 2 aromatic rings. The highest BCUT2D eigenvalue weighted by molar-refractivity contribution is 7.92. The van der Waals surface area contributed by atoms with Crippen molar-refractivity contribution in [2.45, 2.75) is 39.0 Å². The van der Waals surface area contributed by atoms with Crippen LogP contribution >= 0.6 is 0 Å². The lowest BCUT2D eigenvalue weighted by Gasteiger charge is -2.20. The Hall–Kier alpha value is -2.34. The van der Waals surface area contributed by atoms with E-state index in [-0.39, 0.29) is 22.6 Å². The van der Waals surface area contributed by atoms with Crippen LogP contribution in [-0.4, -0.2) is 27.9 Å². The number of hydrogen-bond acceptors (Lipinski definition) is 3.